The summed E-state index contributed by atoms with van der Waals surface area (Å²) in [5.41, 5.74) is 2.04. The van der Waals surface area contributed by atoms with Gasteiger partial charge in [-0.25, -0.2) is 0 Å². The Morgan fingerprint density at radius 3 is 2.26 bits per heavy atom. The topological polar surface area (TPSA) is 40.5 Å². The molecule has 0 amide bonds. The van der Waals surface area contributed by atoms with Crippen LogP contribution in [0.3, 0.4) is 0 Å². The van der Waals surface area contributed by atoms with Crippen molar-refractivity contribution in [2.24, 2.45) is 5.41 Å². The summed E-state index contributed by atoms with van der Waals surface area (Å²) in [6.45, 7) is 7.88. The molecule has 1 aliphatic heterocycles. The van der Waals surface area contributed by atoms with Crippen molar-refractivity contribution in [2.45, 2.75) is 39.7 Å². The number of hydrogen-bond acceptors (Lipinski definition) is 2. The number of rotatable bonds is 3. The summed E-state index contributed by atoms with van der Waals surface area (Å²) in [4.78, 5) is 13.6. The molecule has 2 rings (SSSR count). The first-order valence-corrected chi connectivity index (χ1v) is 6.96. The van der Waals surface area contributed by atoms with Gasteiger partial charge in [-0.15, -0.1) is 0 Å². The standard InChI is InChI=1S/C16H23NO2/c1-12-4-6-14(7-5-12)13(2)17-10-8-16(3,9-11-17)15(18)19/h4-7,13H,8-11H2,1-3H3,(H,18,19). The molecule has 0 aromatic heterocycles. The zero-order valence-corrected chi connectivity index (χ0v) is 12.0. The minimum absolute atomic E-state index is 0.360. The average Bonchev–Trinajstić information content (AvgIpc) is 2.39. The number of nitrogens with zero attached hydrogens (tertiary/aromatic N) is 1. The van der Waals surface area contributed by atoms with Gasteiger partial charge in [-0.1, -0.05) is 29.8 Å². The lowest BCUT2D eigenvalue weighted by molar-refractivity contribution is -0.151. The third kappa shape index (κ3) is 2.98. The molecule has 1 saturated heterocycles. The van der Waals surface area contributed by atoms with Gasteiger partial charge in [-0.3, -0.25) is 9.69 Å². The fourth-order valence-electron chi connectivity index (χ4n) is 2.67. The second-order valence-corrected chi connectivity index (χ2v) is 5.99. The van der Waals surface area contributed by atoms with Crippen molar-refractivity contribution in [1.29, 1.82) is 0 Å². The number of carboxylic acids is 1. The first-order chi connectivity index (χ1) is 8.92. The molecule has 3 heteroatoms. The number of aryl methyl sites for hydroxylation is 1. The Bertz CT molecular complexity index is 444. The number of benzene rings is 1. The monoisotopic (exact) mass is 261 g/mol. The maximum atomic E-state index is 11.2. The van der Waals surface area contributed by atoms with Crippen LogP contribution < -0.4 is 0 Å². The van der Waals surface area contributed by atoms with E-state index in [2.05, 4.69) is 43.0 Å². The molecule has 19 heavy (non-hydrogen) atoms. The first kappa shape index (κ1) is 14.1. The highest BCUT2D eigenvalue weighted by Gasteiger charge is 2.37. The molecule has 1 unspecified atom stereocenters. The van der Waals surface area contributed by atoms with Gasteiger partial charge in [0, 0.05) is 6.04 Å². The Balaban J connectivity index is 2.01. The van der Waals surface area contributed by atoms with Crippen molar-refractivity contribution in [3.05, 3.63) is 35.4 Å². The number of hydrogen-bond donors (Lipinski definition) is 1. The Morgan fingerprint density at radius 1 is 1.26 bits per heavy atom. The third-order valence-electron chi connectivity index (χ3n) is 4.53. The van der Waals surface area contributed by atoms with Gasteiger partial charge in [0.25, 0.3) is 0 Å². The molecule has 3 nitrogen and oxygen atoms in total. The molecule has 1 fully saturated rings. The number of carbonyl (C=O) groups is 1. The molecule has 0 saturated carbocycles. The highest BCUT2D eigenvalue weighted by molar-refractivity contribution is 5.74. The summed E-state index contributed by atoms with van der Waals surface area (Å²) in [5, 5.41) is 9.25. The molecule has 1 aromatic rings. The van der Waals surface area contributed by atoms with Crippen LogP contribution in [-0.4, -0.2) is 29.1 Å². The van der Waals surface area contributed by atoms with Gasteiger partial charge >= 0.3 is 5.97 Å². The van der Waals surface area contributed by atoms with E-state index in [9.17, 15) is 9.90 Å². The zero-order chi connectivity index (χ0) is 14.0. The van der Waals surface area contributed by atoms with Crippen molar-refractivity contribution in [2.75, 3.05) is 13.1 Å². The van der Waals surface area contributed by atoms with Crippen molar-refractivity contribution < 1.29 is 9.90 Å². The van der Waals surface area contributed by atoms with E-state index in [1.54, 1.807) is 0 Å². The van der Waals surface area contributed by atoms with E-state index >= 15 is 0 Å². The molecule has 1 heterocycles. The van der Waals surface area contributed by atoms with Crippen molar-refractivity contribution in [3.63, 3.8) is 0 Å². The maximum Gasteiger partial charge on any atom is 0.309 e. The molecular weight excluding hydrogens is 238 g/mol. The van der Waals surface area contributed by atoms with Crippen molar-refractivity contribution in [1.82, 2.24) is 4.90 Å². The van der Waals surface area contributed by atoms with Gasteiger partial charge in [-0.2, -0.15) is 0 Å². The van der Waals surface area contributed by atoms with Crippen LogP contribution in [-0.2, 0) is 4.79 Å². The van der Waals surface area contributed by atoms with Gasteiger partial charge in [0.05, 0.1) is 5.41 Å². The lowest BCUT2D eigenvalue weighted by atomic mass is 9.80. The fourth-order valence-corrected chi connectivity index (χ4v) is 2.67. The second-order valence-electron chi connectivity index (χ2n) is 5.99. The largest absolute Gasteiger partial charge is 0.481 e. The van der Waals surface area contributed by atoms with E-state index < -0.39 is 11.4 Å². The van der Waals surface area contributed by atoms with Crippen LogP contribution in [0.2, 0.25) is 0 Å². The van der Waals surface area contributed by atoms with E-state index in [1.807, 2.05) is 6.92 Å². The Hall–Kier alpha value is -1.35. The van der Waals surface area contributed by atoms with E-state index in [1.165, 1.54) is 11.1 Å². The van der Waals surface area contributed by atoms with Crippen LogP contribution >= 0.6 is 0 Å². The summed E-state index contributed by atoms with van der Waals surface area (Å²) in [6.07, 6.45) is 1.47. The fraction of sp³-hybridized carbons (Fsp3) is 0.562. The van der Waals surface area contributed by atoms with Crippen LogP contribution in [0.4, 0.5) is 0 Å². The van der Waals surface area contributed by atoms with Crippen LogP contribution in [0.1, 0.15) is 43.9 Å². The zero-order valence-electron chi connectivity index (χ0n) is 12.0. The molecule has 1 aromatic carbocycles. The molecule has 1 atom stereocenters. The highest BCUT2D eigenvalue weighted by Crippen LogP contribution is 2.34. The second kappa shape index (κ2) is 5.33. The number of carboxylic acid groups (broad SMARTS) is 1. The minimum atomic E-state index is -0.657. The molecule has 0 spiro atoms. The van der Waals surface area contributed by atoms with E-state index in [4.69, 9.17) is 0 Å². The van der Waals surface area contributed by atoms with Crippen LogP contribution in [0, 0.1) is 12.3 Å². The van der Waals surface area contributed by atoms with Crippen LogP contribution in [0.25, 0.3) is 0 Å². The minimum Gasteiger partial charge on any atom is -0.481 e. The van der Waals surface area contributed by atoms with Crippen molar-refractivity contribution in [3.8, 4) is 0 Å². The maximum absolute atomic E-state index is 11.2. The smallest absolute Gasteiger partial charge is 0.309 e. The number of likely N-dealkylation sites (tertiary alicyclic amines) is 1. The SMILES string of the molecule is Cc1ccc(C(C)N2CCC(C)(C(=O)O)CC2)cc1. The molecule has 0 radical (unpaired) electrons. The number of piperidine rings is 1. The summed E-state index contributed by atoms with van der Waals surface area (Å²) < 4.78 is 0. The highest BCUT2D eigenvalue weighted by atomic mass is 16.4. The molecule has 0 aliphatic carbocycles. The molecule has 1 N–H and O–H groups in total. The molecule has 0 bridgehead atoms. The van der Waals surface area contributed by atoms with Gasteiger partial charge in [0.1, 0.15) is 0 Å². The summed E-state index contributed by atoms with van der Waals surface area (Å²) >= 11 is 0. The first-order valence-electron chi connectivity index (χ1n) is 6.96. The molecule has 1 aliphatic rings. The summed E-state index contributed by atoms with van der Waals surface area (Å²) in [7, 11) is 0. The molecular formula is C16H23NO2. The predicted octanol–water partition coefficient (Wildman–Crippen LogP) is 3.24. The number of aliphatic carboxylic acids is 1. The lowest BCUT2D eigenvalue weighted by Crippen LogP contribution is -2.43. The van der Waals surface area contributed by atoms with E-state index in [0.29, 0.717) is 6.04 Å². The Labute approximate surface area is 115 Å². The quantitative estimate of drug-likeness (QED) is 0.908. The summed E-state index contributed by atoms with van der Waals surface area (Å²) in [5.74, 6) is -0.657. The van der Waals surface area contributed by atoms with Crippen LogP contribution in [0.15, 0.2) is 24.3 Å². The van der Waals surface area contributed by atoms with E-state index in [0.717, 1.165) is 25.9 Å². The lowest BCUT2D eigenvalue weighted by Gasteiger charge is -2.39. The average molecular weight is 261 g/mol. The summed E-state index contributed by atoms with van der Waals surface area (Å²) in [6, 6.07) is 8.98. The van der Waals surface area contributed by atoms with Gasteiger partial charge in [0.2, 0.25) is 0 Å². The normalized spacial score (nSPS) is 21.0. The Kier molecular flexibility index (Phi) is 3.95. The predicted molar refractivity (Wildman–Crippen MR) is 76.1 cm³/mol. The van der Waals surface area contributed by atoms with Crippen molar-refractivity contribution >= 4 is 5.97 Å². The van der Waals surface area contributed by atoms with Crippen LogP contribution in [0.5, 0.6) is 0 Å². The Morgan fingerprint density at radius 2 is 1.79 bits per heavy atom. The third-order valence-corrected chi connectivity index (χ3v) is 4.53. The van der Waals surface area contributed by atoms with E-state index in [-0.39, 0.29) is 0 Å². The van der Waals surface area contributed by atoms with Gasteiger partial charge in [-0.05, 0) is 52.3 Å². The van der Waals surface area contributed by atoms with Gasteiger partial charge < -0.3 is 5.11 Å². The molecule has 104 valence electrons. The van der Waals surface area contributed by atoms with Gasteiger partial charge in [0.15, 0.2) is 0 Å².